The Morgan fingerprint density at radius 1 is 1.30 bits per heavy atom. The van der Waals surface area contributed by atoms with E-state index in [9.17, 15) is 0 Å². The van der Waals surface area contributed by atoms with E-state index >= 15 is 0 Å². The highest BCUT2D eigenvalue weighted by molar-refractivity contribution is 5.59. The van der Waals surface area contributed by atoms with Gasteiger partial charge in [-0.25, -0.2) is 4.98 Å². The average Bonchev–Trinajstić information content (AvgIpc) is 2.61. The van der Waals surface area contributed by atoms with Gasteiger partial charge in [-0.3, -0.25) is 4.90 Å². The lowest BCUT2D eigenvalue weighted by molar-refractivity contribution is 0.172. The van der Waals surface area contributed by atoms with Crippen LogP contribution >= 0.6 is 0 Å². The molecule has 1 fully saturated rings. The fourth-order valence-corrected chi connectivity index (χ4v) is 3.21. The minimum Gasteiger partial charge on any atom is -0.489 e. The Morgan fingerprint density at radius 2 is 2.10 bits per heavy atom. The molecule has 1 saturated heterocycles. The first-order valence-electron chi connectivity index (χ1n) is 7.67. The zero-order valence-corrected chi connectivity index (χ0v) is 13.0. The van der Waals surface area contributed by atoms with Crippen molar-refractivity contribution in [3.8, 4) is 5.75 Å². The van der Waals surface area contributed by atoms with Crippen molar-refractivity contribution in [2.24, 2.45) is 0 Å². The quantitative estimate of drug-likeness (QED) is 0.787. The number of nitrogens with zero attached hydrogens (tertiary/aromatic N) is 3. The molecule has 2 aliphatic rings. The van der Waals surface area contributed by atoms with Gasteiger partial charge in [0, 0.05) is 44.3 Å². The second-order valence-electron chi connectivity index (χ2n) is 6.29. The van der Waals surface area contributed by atoms with E-state index < -0.39 is 0 Å². The third-order valence-electron chi connectivity index (χ3n) is 4.73. The molecule has 4 heteroatoms. The smallest absolute Gasteiger partial charge is 0.172 e. The molecule has 0 N–H and O–H groups in total. The zero-order valence-electron chi connectivity index (χ0n) is 13.0. The lowest BCUT2D eigenvalue weighted by atomic mass is 10.1. The molecule has 0 aliphatic carbocycles. The lowest BCUT2D eigenvalue weighted by Crippen LogP contribution is -2.55. The summed E-state index contributed by atoms with van der Waals surface area (Å²) in [5.74, 6) is 2.06. The Labute approximate surface area is 121 Å². The predicted octanol–water partition coefficient (Wildman–Crippen LogP) is 2.38. The monoisotopic (exact) mass is 275 g/mol. The number of hydrogen-bond donors (Lipinski definition) is 0. The van der Waals surface area contributed by atoms with Gasteiger partial charge >= 0.3 is 0 Å². The van der Waals surface area contributed by atoms with Crippen LogP contribution in [-0.4, -0.2) is 48.2 Å². The van der Waals surface area contributed by atoms with Crippen LogP contribution in [0.15, 0.2) is 6.20 Å². The van der Waals surface area contributed by atoms with Crippen molar-refractivity contribution >= 4 is 5.82 Å². The van der Waals surface area contributed by atoms with Gasteiger partial charge in [0.1, 0.15) is 0 Å². The summed E-state index contributed by atoms with van der Waals surface area (Å²) in [5, 5.41) is 0. The summed E-state index contributed by atoms with van der Waals surface area (Å²) >= 11 is 0. The minimum atomic E-state index is 0.530. The van der Waals surface area contributed by atoms with Crippen LogP contribution in [0.1, 0.15) is 31.4 Å². The molecule has 110 valence electrons. The molecule has 1 aromatic heterocycles. The fourth-order valence-electron chi connectivity index (χ4n) is 3.21. The number of ether oxygens (including phenoxy) is 1. The predicted molar refractivity (Wildman–Crippen MR) is 81.7 cm³/mol. The van der Waals surface area contributed by atoms with Crippen LogP contribution in [0.4, 0.5) is 5.82 Å². The first-order chi connectivity index (χ1) is 9.58. The first kappa shape index (κ1) is 13.7. The fraction of sp³-hybridized carbons (Fsp3) is 0.688. The number of pyridine rings is 1. The molecule has 2 aliphatic heterocycles. The summed E-state index contributed by atoms with van der Waals surface area (Å²) in [7, 11) is 0. The SMILES string of the molecule is Cc1cnc2c(c1C)OCC[C@@H]1CN(C(C)C)CCN21. The number of aromatic nitrogens is 1. The molecule has 0 unspecified atom stereocenters. The van der Waals surface area contributed by atoms with E-state index in [0.29, 0.717) is 12.1 Å². The maximum atomic E-state index is 6.03. The number of anilines is 1. The summed E-state index contributed by atoms with van der Waals surface area (Å²) in [6.07, 6.45) is 3.06. The Hall–Kier alpha value is -1.29. The molecule has 0 radical (unpaired) electrons. The summed E-state index contributed by atoms with van der Waals surface area (Å²) in [6, 6.07) is 1.15. The van der Waals surface area contributed by atoms with Crippen LogP contribution in [0.25, 0.3) is 0 Å². The van der Waals surface area contributed by atoms with Gasteiger partial charge in [0.15, 0.2) is 11.6 Å². The van der Waals surface area contributed by atoms with Crippen molar-refractivity contribution in [2.45, 2.75) is 46.2 Å². The van der Waals surface area contributed by atoms with Crippen molar-refractivity contribution < 1.29 is 4.74 Å². The highest BCUT2D eigenvalue weighted by Crippen LogP contribution is 2.36. The van der Waals surface area contributed by atoms with E-state index in [1.807, 2.05) is 6.20 Å². The topological polar surface area (TPSA) is 28.6 Å². The van der Waals surface area contributed by atoms with Crippen LogP contribution < -0.4 is 9.64 Å². The maximum absolute atomic E-state index is 6.03. The largest absolute Gasteiger partial charge is 0.489 e. The maximum Gasteiger partial charge on any atom is 0.172 e. The van der Waals surface area contributed by atoms with Crippen LogP contribution in [0.3, 0.4) is 0 Å². The molecule has 3 rings (SSSR count). The molecule has 1 aromatic rings. The van der Waals surface area contributed by atoms with Crippen LogP contribution in [0.5, 0.6) is 5.75 Å². The van der Waals surface area contributed by atoms with Crippen molar-refractivity contribution in [2.75, 3.05) is 31.1 Å². The summed E-state index contributed by atoms with van der Waals surface area (Å²) in [6.45, 7) is 12.9. The van der Waals surface area contributed by atoms with Crippen molar-refractivity contribution in [3.05, 3.63) is 17.3 Å². The normalized spacial score (nSPS) is 23.1. The third kappa shape index (κ3) is 2.26. The minimum absolute atomic E-state index is 0.530. The molecule has 0 saturated carbocycles. The van der Waals surface area contributed by atoms with Gasteiger partial charge in [0.2, 0.25) is 0 Å². The zero-order chi connectivity index (χ0) is 14.3. The van der Waals surface area contributed by atoms with E-state index in [4.69, 9.17) is 4.74 Å². The summed E-state index contributed by atoms with van der Waals surface area (Å²) in [5.41, 5.74) is 2.45. The third-order valence-corrected chi connectivity index (χ3v) is 4.73. The van der Waals surface area contributed by atoms with Gasteiger partial charge in [-0.2, -0.15) is 0 Å². The van der Waals surface area contributed by atoms with Gasteiger partial charge in [-0.1, -0.05) is 0 Å². The van der Waals surface area contributed by atoms with Crippen molar-refractivity contribution in [1.29, 1.82) is 0 Å². The highest BCUT2D eigenvalue weighted by Gasteiger charge is 2.33. The number of piperazine rings is 1. The molecule has 3 heterocycles. The van der Waals surface area contributed by atoms with Crippen LogP contribution in [0, 0.1) is 13.8 Å². The van der Waals surface area contributed by atoms with Gasteiger partial charge in [0.25, 0.3) is 0 Å². The molecule has 1 atom stereocenters. The molecule has 0 aromatic carbocycles. The van der Waals surface area contributed by atoms with E-state index in [1.165, 1.54) is 11.1 Å². The van der Waals surface area contributed by atoms with Crippen LogP contribution in [0.2, 0.25) is 0 Å². The van der Waals surface area contributed by atoms with E-state index in [1.54, 1.807) is 0 Å². The van der Waals surface area contributed by atoms with Crippen molar-refractivity contribution in [3.63, 3.8) is 0 Å². The van der Waals surface area contributed by atoms with E-state index in [-0.39, 0.29) is 0 Å². The van der Waals surface area contributed by atoms with Crippen molar-refractivity contribution in [1.82, 2.24) is 9.88 Å². The first-order valence-corrected chi connectivity index (χ1v) is 7.67. The van der Waals surface area contributed by atoms with Gasteiger partial charge in [0.05, 0.1) is 6.61 Å². The Balaban J connectivity index is 1.93. The van der Waals surface area contributed by atoms with E-state index in [0.717, 1.165) is 44.2 Å². The number of hydrogen-bond acceptors (Lipinski definition) is 4. The summed E-state index contributed by atoms with van der Waals surface area (Å²) in [4.78, 5) is 9.70. The molecule has 0 spiro atoms. The molecular weight excluding hydrogens is 250 g/mol. The Kier molecular flexibility index (Phi) is 3.59. The second-order valence-corrected chi connectivity index (χ2v) is 6.29. The number of rotatable bonds is 1. The molecule has 0 bridgehead atoms. The summed E-state index contributed by atoms with van der Waals surface area (Å²) < 4.78 is 6.03. The molecule has 4 nitrogen and oxygen atoms in total. The molecule has 20 heavy (non-hydrogen) atoms. The Morgan fingerprint density at radius 3 is 2.85 bits per heavy atom. The molecule has 0 amide bonds. The number of fused-ring (bicyclic) bond motifs is 3. The standard InChI is InChI=1S/C16H25N3O/c1-11(2)18-6-7-19-14(10-18)5-8-20-15-13(4)12(3)9-17-16(15)19/h9,11,14H,5-8,10H2,1-4H3/t14-/m1/s1. The number of aryl methyl sites for hydroxylation is 1. The van der Waals surface area contributed by atoms with Gasteiger partial charge in [-0.15, -0.1) is 0 Å². The van der Waals surface area contributed by atoms with Gasteiger partial charge < -0.3 is 9.64 Å². The lowest BCUT2D eigenvalue weighted by Gasteiger charge is -2.42. The Bertz CT molecular complexity index is 501. The highest BCUT2D eigenvalue weighted by atomic mass is 16.5. The average molecular weight is 275 g/mol. The van der Waals surface area contributed by atoms with Gasteiger partial charge in [-0.05, 0) is 38.8 Å². The second kappa shape index (κ2) is 5.24. The van der Waals surface area contributed by atoms with E-state index in [2.05, 4.69) is 42.5 Å². The van der Waals surface area contributed by atoms with Crippen LogP contribution in [-0.2, 0) is 0 Å². The molecular formula is C16H25N3O.